The summed E-state index contributed by atoms with van der Waals surface area (Å²) < 4.78 is 10.5. The molecule has 3 N–H and O–H groups in total. The number of esters is 2. The number of hydrogen-bond donors (Lipinski definition) is 3. The molecule has 3 atom stereocenters. The molecular weight excluding hydrogens is 652 g/mol. The highest BCUT2D eigenvalue weighted by Crippen LogP contribution is 2.15. The number of aliphatic hydroxyl groups excluding tert-OH is 3. The van der Waals surface area contributed by atoms with Crippen LogP contribution in [-0.4, -0.2) is 58.8 Å². The molecular formula is C45H80O7. The predicted molar refractivity (Wildman–Crippen MR) is 217 cm³/mol. The molecule has 0 saturated carbocycles. The standard InChI is InChI=1S/C45H80O7/c1-3-5-7-8-9-10-11-12-13-14-15-16-17-18-19-20-24-27-31-37-45(50)52-43(39-46)40-51-44(49)38-32-36-42(48)35-30-26-23-21-22-25-29-34-41(47)33-28-6-4-2/h22-23,25-26,29-30,34-35,41-43,46-48H,3-21,24,27-28,31-33,36-40H2,1-2H3/b25-22-,26-23-,34-29+,35-30+/t41-,42-,43-/m0/s1. The summed E-state index contributed by atoms with van der Waals surface area (Å²) in [6.07, 6.45) is 43.9. The molecule has 0 aromatic heterocycles. The number of rotatable bonds is 38. The van der Waals surface area contributed by atoms with Crippen LogP contribution in [0.15, 0.2) is 48.6 Å². The van der Waals surface area contributed by atoms with Crippen LogP contribution in [0.2, 0.25) is 0 Å². The molecule has 0 fully saturated rings. The van der Waals surface area contributed by atoms with Crippen molar-refractivity contribution in [3.8, 4) is 0 Å². The molecule has 0 aliphatic heterocycles. The van der Waals surface area contributed by atoms with Crippen molar-refractivity contribution in [3.63, 3.8) is 0 Å². The van der Waals surface area contributed by atoms with Gasteiger partial charge in [0.25, 0.3) is 0 Å². The van der Waals surface area contributed by atoms with Crippen LogP contribution in [0, 0.1) is 0 Å². The zero-order valence-electron chi connectivity index (χ0n) is 33.5. The van der Waals surface area contributed by atoms with Gasteiger partial charge >= 0.3 is 11.9 Å². The van der Waals surface area contributed by atoms with Crippen LogP contribution in [0.3, 0.4) is 0 Å². The highest BCUT2D eigenvalue weighted by molar-refractivity contribution is 5.70. The van der Waals surface area contributed by atoms with Crippen molar-refractivity contribution in [2.45, 2.75) is 212 Å². The summed E-state index contributed by atoms with van der Waals surface area (Å²) in [5, 5.41) is 29.6. The maximum absolute atomic E-state index is 12.2. The molecule has 7 heteroatoms. The first-order valence-electron chi connectivity index (χ1n) is 21.4. The molecule has 0 aromatic carbocycles. The Morgan fingerprint density at radius 1 is 0.519 bits per heavy atom. The first kappa shape index (κ1) is 49.8. The van der Waals surface area contributed by atoms with Gasteiger partial charge in [0.2, 0.25) is 0 Å². The lowest BCUT2D eigenvalue weighted by Crippen LogP contribution is -2.28. The minimum Gasteiger partial charge on any atom is -0.462 e. The van der Waals surface area contributed by atoms with Crippen molar-refractivity contribution < 1.29 is 34.4 Å². The second-order valence-electron chi connectivity index (χ2n) is 14.5. The molecule has 0 amide bonds. The summed E-state index contributed by atoms with van der Waals surface area (Å²) in [6, 6.07) is 0. The van der Waals surface area contributed by atoms with E-state index in [4.69, 9.17) is 9.47 Å². The minimum atomic E-state index is -0.856. The van der Waals surface area contributed by atoms with Crippen LogP contribution in [0.25, 0.3) is 0 Å². The van der Waals surface area contributed by atoms with Crippen LogP contribution in [0.4, 0.5) is 0 Å². The molecule has 0 aliphatic rings. The SMILES string of the molecule is CCCCCCCCCCCCCCCCCCCCCC(=O)O[C@@H](CO)COC(=O)CCC[C@@H](O)/C=C/C=C\C/C=C\C=C\[C@@H](O)CCCCC. The van der Waals surface area contributed by atoms with Crippen LogP contribution >= 0.6 is 0 Å². The Balaban J connectivity index is 3.74. The van der Waals surface area contributed by atoms with E-state index in [1.807, 2.05) is 36.5 Å². The van der Waals surface area contributed by atoms with Crippen LogP contribution in [0.1, 0.15) is 194 Å². The molecule has 0 bridgehead atoms. The van der Waals surface area contributed by atoms with Gasteiger partial charge in [-0.05, 0) is 32.1 Å². The lowest BCUT2D eigenvalue weighted by molar-refractivity contribution is -0.161. The van der Waals surface area contributed by atoms with Gasteiger partial charge in [0.1, 0.15) is 6.61 Å². The summed E-state index contributed by atoms with van der Waals surface area (Å²) in [5.41, 5.74) is 0. The van der Waals surface area contributed by atoms with E-state index in [1.165, 1.54) is 103 Å². The van der Waals surface area contributed by atoms with Crippen molar-refractivity contribution in [1.29, 1.82) is 0 Å². The topological polar surface area (TPSA) is 113 Å². The van der Waals surface area contributed by atoms with Gasteiger partial charge in [-0.1, -0.05) is 197 Å². The molecule has 0 heterocycles. The van der Waals surface area contributed by atoms with Gasteiger partial charge in [-0.3, -0.25) is 9.59 Å². The average Bonchev–Trinajstić information content (AvgIpc) is 3.13. The molecule has 0 aromatic rings. The van der Waals surface area contributed by atoms with Crippen molar-refractivity contribution >= 4 is 11.9 Å². The third-order valence-electron chi connectivity index (χ3n) is 9.33. The van der Waals surface area contributed by atoms with Gasteiger partial charge in [-0.15, -0.1) is 0 Å². The molecule has 0 aliphatic carbocycles. The summed E-state index contributed by atoms with van der Waals surface area (Å²) >= 11 is 0. The van der Waals surface area contributed by atoms with E-state index in [1.54, 1.807) is 12.2 Å². The Bertz CT molecular complexity index is 909. The second-order valence-corrected chi connectivity index (χ2v) is 14.5. The zero-order valence-corrected chi connectivity index (χ0v) is 33.5. The summed E-state index contributed by atoms with van der Waals surface area (Å²) in [7, 11) is 0. The van der Waals surface area contributed by atoms with Crippen molar-refractivity contribution in [2.24, 2.45) is 0 Å². The van der Waals surface area contributed by atoms with E-state index in [-0.39, 0.29) is 25.1 Å². The van der Waals surface area contributed by atoms with Gasteiger partial charge < -0.3 is 24.8 Å². The number of ether oxygens (including phenoxy) is 2. The minimum absolute atomic E-state index is 0.137. The number of carbonyl (C=O) groups is 2. The van der Waals surface area contributed by atoms with Crippen LogP contribution < -0.4 is 0 Å². The Morgan fingerprint density at radius 3 is 1.38 bits per heavy atom. The first-order chi connectivity index (χ1) is 25.4. The van der Waals surface area contributed by atoms with E-state index in [9.17, 15) is 24.9 Å². The Labute approximate surface area is 319 Å². The molecule has 0 unspecified atom stereocenters. The maximum Gasteiger partial charge on any atom is 0.306 e. The van der Waals surface area contributed by atoms with E-state index in [2.05, 4.69) is 13.8 Å². The molecule has 52 heavy (non-hydrogen) atoms. The van der Waals surface area contributed by atoms with E-state index in [0.717, 1.165) is 51.4 Å². The van der Waals surface area contributed by atoms with E-state index >= 15 is 0 Å². The molecule has 0 rings (SSSR count). The fraction of sp³-hybridized carbons (Fsp3) is 0.778. The van der Waals surface area contributed by atoms with Gasteiger partial charge in [0.15, 0.2) is 6.10 Å². The number of allylic oxidation sites excluding steroid dienone is 6. The third kappa shape index (κ3) is 37.5. The Hall–Kier alpha value is -2.22. The molecule has 0 radical (unpaired) electrons. The quantitative estimate of drug-likeness (QED) is 0.0329. The smallest absolute Gasteiger partial charge is 0.306 e. The van der Waals surface area contributed by atoms with Crippen molar-refractivity contribution in [1.82, 2.24) is 0 Å². The monoisotopic (exact) mass is 733 g/mol. The number of unbranched alkanes of at least 4 members (excludes halogenated alkanes) is 20. The molecule has 302 valence electrons. The summed E-state index contributed by atoms with van der Waals surface area (Å²) in [4.78, 5) is 24.3. The Kier molecular flexibility index (Phi) is 38.3. The fourth-order valence-corrected chi connectivity index (χ4v) is 6.00. The van der Waals surface area contributed by atoms with Gasteiger partial charge in [-0.2, -0.15) is 0 Å². The highest BCUT2D eigenvalue weighted by atomic mass is 16.6. The third-order valence-corrected chi connectivity index (χ3v) is 9.33. The van der Waals surface area contributed by atoms with Crippen LogP contribution in [-0.2, 0) is 19.1 Å². The largest absolute Gasteiger partial charge is 0.462 e. The van der Waals surface area contributed by atoms with Gasteiger partial charge in [0, 0.05) is 12.8 Å². The number of aliphatic hydroxyl groups is 3. The van der Waals surface area contributed by atoms with Gasteiger partial charge in [0.05, 0.1) is 18.8 Å². The first-order valence-corrected chi connectivity index (χ1v) is 21.4. The fourth-order valence-electron chi connectivity index (χ4n) is 6.00. The van der Waals surface area contributed by atoms with Crippen molar-refractivity contribution in [3.05, 3.63) is 48.6 Å². The predicted octanol–water partition coefficient (Wildman–Crippen LogP) is 11.3. The lowest BCUT2D eigenvalue weighted by atomic mass is 10.0. The Morgan fingerprint density at radius 2 is 0.923 bits per heavy atom. The zero-order chi connectivity index (χ0) is 38.2. The van der Waals surface area contributed by atoms with E-state index in [0.29, 0.717) is 19.3 Å². The number of carbonyl (C=O) groups excluding carboxylic acids is 2. The normalized spacial score (nSPS) is 13.9. The summed E-state index contributed by atoms with van der Waals surface area (Å²) in [5.74, 6) is -0.814. The average molecular weight is 733 g/mol. The van der Waals surface area contributed by atoms with Gasteiger partial charge in [-0.25, -0.2) is 0 Å². The second kappa shape index (κ2) is 40.0. The highest BCUT2D eigenvalue weighted by Gasteiger charge is 2.16. The maximum atomic E-state index is 12.2. The van der Waals surface area contributed by atoms with Crippen molar-refractivity contribution in [2.75, 3.05) is 13.2 Å². The van der Waals surface area contributed by atoms with E-state index < -0.39 is 24.8 Å². The van der Waals surface area contributed by atoms with Crippen LogP contribution in [0.5, 0.6) is 0 Å². The summed E-state index contributed by atoms with van der Waals surface area (Å²) in [6.45, 7) is 3.85. The molecule has 7 nitrogen and oxygen atoms in total. The lowest BCUT2D eigenvalue weighted by Gasteiger charge is -2.16. The molecule has 0 spiro atoms. The molecule has 0 saturated heterocycles. The number of hydrogen-bond acceptors (Lipinski definition) is 7.